The first-order valence-corrected chi connectivity index (χ1v) is 5.36. The van der Waals surface area contributed by atoms with Crippen LogP contribution in [-0.2, 0) is 0 Å². The van der Waals surface area contributed by atoms with Gasteiger partial charge in [0.25, 0.3) is 5.56 Å². The standard InChI is InChI=1S/C12H11N5O2/c13-10-9(11(19)17-12(14)16-10)15-6-8(18)7-4-2-1-3-5-7/h1-6H,(H5,13,14,16,17,19). The van der Waals surface area contributed by atoms with Gasteiger partial charge >= 0.3 is 0 Å². The third-order valence-corrected chi connectivity index (χ3v) is 2.31. The zero-order chi connectivity index (χ0) is 13.8. The third kappa shape index (κ3) is 2.83. The number of anilines is 2. The molecule has 0 unspecified atom stereocenters. The SMILES string of the molecule is Nc1nc(N)c(N=CC(=O)c2ccccc2)c(=O)[nH]1. The van der Waals surface area contributed by atoms with Crippen molar-refractivity contribution in [3.05, 3.63) is 46.2 Å². The van der Waals surface area contributed by atoms with Crippen LogP contribution >= 0.6 is 0 Å². The summed E-state index contributed by atoms with van der Waals surface area (Å²) in [6.45, 7) is 0. The number of rotatable bonds is 3. The number of benzene rings is 1. The van der Waals surface area contributed by atoms with Gasteiger partial charge in [0.15, 0.2) is 11.5 Å². The number of Topliss-reactive ketones (excluding diaryl/α,β-unsaturated/α-hetero) is 1. The van der Waals surface area contributed by atoms with E-state index in [2.05, 4.69) is 15.0 Å². The van der Waals surface area contributed by atoms with Crippen LogP contribution in [0.5, 0.6) is 0 Å². The molecule has 1 aromatic carbocycles. The average Bonchev–Trinajstić information content (AvgIpc) is 2.38. The monoisotopic (exact) mass is 257 g/mol. The van der Waals surface area contributed by atoms with E-state index in [-0.39, 0.29) is 23.2 Å². The summed E-state index contributed by atoms with van der Waals surface area (Å²) in [4.78, 5) is 33.0. The van der Waals surface area contributed by atoms with Crippen molar-refractivity contribution in [2.24, 2.45) is 4.99 Å². The second kappa shape index (κ2) is 5.13. The number of carbonyl (C=O) groups is 1. The Labute approximate surface area is 108 Å². The molecule has 7 heteroatoms. The fraction of sp³-hybridized carbons (Fsp3) is 0. The summed E-state index contributed by atoms with van der Waals surface area (Å²) < 4.78 is 0. The number of nitrogens with one attached hydrogen (secondary N) is 1. The van der Waals surface area contributed by atoms with Crippen molar-refractivity contribution in [1.29, 1.82) is 0 Å². The van der Waals surface area contributed by atoms with Gasteiger partial charge in [0.1, 0.15) is 0 Å². The predicted molar refractivity (Wildman–Crippen MR) is 72.6 cm³/mol. The molecule has 96 valence electrons. The predicted octanol–water partition coefficient (Wildman–Crippen LogP) is 0.520. The van der Waals surface area contributed by atoms with Crippen LogP contribution in [0.15, 0.2) is 40.1 Å². The van der Waals surface area contributed by atoms with Gasteiger partial charge in [-0.25, -0.2) is 4.99 Å². The fourth-order valence-electron chi connectivity index (χ4n) is 1.43. The number of nitrogens with two attached hydrogens (primary N) is 2. The third-order valence-electron chi connectivity index (χ3n) is 2.31. The molecule has 1 aromatic heterocycles. The second-order valence-corrected chi connectivity index (χ2v) is 3.67. The number of nitrogens with zero attached hydrogens (tertiary/aromatic N) is 2. The molecule has 5 N–H and O–H groups in total. The van der Waals surface area contributed by atoms with Gasteiger partial charge in [0, 0.05) is 5.56 Å². The maximum Gasteiger partial charge on any atom is 0.280 e. The molecule has 0 saturated heterocycles. The molecular weight excluding hydrogens is 246 g/mol. The Kier molecular flexibility index (Phi) is 3.37. The van der Waals surface area contributed by atoms with Crippen LogP contribution in [0.2, 0.25) is 0 Å². The van der Waals surface area contributed by atoms with E-state index < -0.39 is 5.56 Å². The number of carbonyl (C=O) groups excluding carboxylic acids is 1. The Morgan fingerprint density at radius 2 is 1.95 bits per heavy atom. The van der Waals surface area contributed by atoms with Crippen molar-refractivity contribution >= 4 is 29.5 Å². The first kappa shape index (κ1) is 12.5. The Morgan fingerprint density at radius 3 is 2.58 bits per heavy atom. The van der Waals surface area contributed by atoms with Gasteiger partial charge in [-0.3, -0.25) is 14.6 Å². The van der Waals surface area contributed by atoms with Crippen molar-refractivity contribution in [2.45, 2.75) is 0 Å². The maximum atomic E-state index is 11.8. The minimum absolute atomic E-state index is 0.101. The molecule has 7 nitrogen and oxygen atoms in total. The first-order valence-electron chi connectivity index (χ1n) is 5.36. The number of ketones is 1. The van der Waals surface area contributed by atoms with Crippen molar-refractivity contribution < 1.29 is 4.79 Å². The van der Waals surface area contributed by atoms with E-state index in [1.165, 1.54) is 0 Å². The lowest BCUT2D eigenvalue weighted by Gasteiger charge is -1.99. The summed E-state index contributed by atoms with van der Waals surface area (Å²) in [5, 5.41) is 0. The molecule has 0 fully saturated rings. The number of aromatic amines is 1. The normalized spacial score (nSPS) is 10.7. The van der Waals surface area contributed by atoms with E-state index in [1.54, 1.807) is 30.3 Å². The molecule has 0 amide bonds. The Balaban J connectivity index is 2.30. The smallest absolute Gasteiger partial charge is 0.280 e. The summed E-state index contributed by atoms with van der Waals surface area (Å²) in [5.74, 6) is -0.564. The quantitative estimate of drug-likeness (QED) is 0.545. The van der Waals surface area contributed by atoms with Crippen molar-refractivity contribution in [2.75, 3.05) is 11.5 Å². The van der Waals surface area contributed by atoms with Crippen molar-refractivity contribution in [3.63, 3.8) is 0 Å². The zero-order valence-electron chi connectivity index (χ0n) is 9.83. The van der Waals surface area contributed by atoms with Gasteiger partial charge < -0.3 is 11.5 Å². The van der Waals surface area contributed by atoms with Gasteiger partial charge in [0.05, 0.1) is 6.21 Å². The molecule has 0 spiro atoms. The van der Waals surface area contributed by atoms with Crippen molar-refractivity contribution in [1.82, 2.24) is 9.97 Å². The van der Waals surface area contributed by atoms with E-state index in [1.807, 2.05) is 0 Å². The number of hydrogen-bond acceptors (Lipinski definition) is 6. The highest BCUT2D eigenvalue weighted by Crippen LogP contribution is 2.13. The minimum atomic E-state index is -0.595. The van der Waals surface area contributed by atoms with Gasteiger partial charge in [0.2, 0.25) is 11.7 Å². The number of aromatic nitrogens is 2. The molecular formula is C12H11N5O2. The molecule has 19 heavy (non-hydrogen) atoms. The molecule has 0 aliphatic heterocycles. The molecule has 0 saturated carbocycles. The number of H-pyrrole nitrogens is 1. The Bertz CT molecular complexity index is 691. The summed E-state index contributed by atoms with van der Waals surface area (Å²) in [5.41, 5.74) is 10.5. The van der Waals surface area contributed by atoms with Crippen LogP contribution in [0.1, 0.15) is 10.4 Å². The lowest BCUT2D eigenvalue weighted by Crippen LogP contribution is -2.13. The summed E-state index contributed by atoms with van der Waals surface area (Å²) in [7, 11) is 0. The van der Waals surface area contributed by atoms with Crippen molar-refractivity contribution in [3.8, 4) is 0 Å². The first-order chi connectivity index (χ1) is 9.08. The molecule has 0 atom stereocenters. The summed E-state index contributed by atoms with van der Waals surface area (Å²) in [6, 6.07) is 8.53. The van der Waals surface area contributed by atoms with Gasteiger partial charge in [-0.1, -0.05) is 30.3 Å². The van der Waals surface area contributed by atoms with Crippen LogP contribution in [-0.4, -0.2) is 22.0 Å². The van der Waals surface area contributed by atoms with E-state index in [0.717, 1.165) is 6.21 Å². The van der Waals surface area contributed by atoms with Gasteiger partial charge in [-0.2, -0.15) is 4.98 Å². The van der Waals surface area contributed by atoms with E-state index in [9.17, 15) is 9.59 Å². The largest absolute Gasteiger partial charge is 0.382 e. The lowest BCUT2D eigenvalue weighted by molar-refractivity contribution is 0.107. The van der Waals surface area contributed by atoms with E-state index >= 15 is 0 Å². The highest BCUT2D eigenvalue weighted by molar-refractivity contribution is 6.35. The molecule has 0 bridgehead atoms. The highest BCUT2D eigenvalue weighted by atomic mass is 16.1. The van der Waals surface area contributed by atoms with Crippen LogP contribution in [0.4, 0.5) is 17.5 Å². The Hall–Kier alpha value is -2.96. The summed E-state index contributed by atoms with van der Waals surface area (Å²) in [6.07, 6.45) is 1.02. The van der Waals surface area contributed by atoms with E-state index in [0.29, 0.717) is 5.56 Å². The average molecular weight is 257 g/mol. The molecule has 0 aliphatic rings. The molecule has 0 radical (unpaired) electrons. The van der Waals surface area contributed by atoms with Crippen LogP contribution in [0.25, 0.3) is 0 Å². The minimum Gasteiger partial charge on any atom is -0.382 e. The van der Waals surface area contributed by atoms with Crippen LogP contribution < -0.4 is 17.0 Å². The number of hydrogen-bond donors (Lipinski definition) is 3. The molecule has 2 aromatic rings. The molecule has 2 rings (SSSR count). The summed E-state index contributed by atoms with van der Waals surface area (Å²) >= 11 is 0. The molecule has 1 heterocycles. The van der Waals surface area contributed by atoms with Crippen LogP contribution in [0, 0.1) is 0 Å². The second-order valence-electron chi connectivity index (χ2n) is 3.67. The molecule has 0 aliphatic carbocycles. The van der Waals surface area contributed by atoms with Gasteiger partial charge in [-0.15, -0.1) is 0 Å². The topological polar surface area (TPSA) is 127 Å². The van der Waals surface area contributed by atoms with E-state index in [4.69, 9.17) is 11.5 Å². The highest BCUT2D eigenvalue weighted by Gasteiger charge is 2.07. The lowest BCUT2D eigenvalue weighted by atomic mass is 10.1. The zero-order valence-corrected chi connectivity index (χ0v) is 9.83. The van der Waals surface area contributed by atoms with Gasteiger partial charge in [-0.05, 0) is 0 Å². The fourth-order valence-corrected chi connectivity index (χ4v) is 1.43. The maximum absolute atomic E-state index is 11.8. The Morgan fingerprint density at radius 1 is 1.26 bits per heavy atom. The number of aliphatic imine (C=N–C) groups is 1. The van der Waals surface area contributed by atoms with Crippen LogP contribution in [0.3, 0.4) is 0 Å². The number of nitrogen functional groups attached to an aromatic ring is 2.